The minimum atomic E-state index is 1.18. The first-order chi connectivity index (χ1) is 9.31. The molecule has 1 heterocycles. The van der Waals surface area contributed by atoms with E-state index in [9.17, 15) is 0 Å². The monoisotopic (exact) mass is 268 g/mol. The number of hydrogen-bond acceptors (Lipinski definition) is 1. The van der Waals surface area contributed by atoms with E-state index in [2.05, 4.69) is 50.2 Å². The average molecular weight is 268 g/mol. The Labute approximate surface area is 119 Å². The highest BCUT2D eigenvalue weighted by molar-refractivity contribution is 7.25. The van der Waals surface area contributed by atoms with E-state index in [1.54, 1.807) is 0 Å². The van der Waals surface area contributed by atoms with E-state index in [1.807, 2.05) is 11.3 Å². The maximum absolute atomic E-state index is 2.40. The molecule has 98 valence electrons. The van der Waals surface area contributed by atoms with Gasteiger partial charge in [0.25, 0.3) is 0 Å². The molecule has 0 amide bonds. The molecular weight excluding hydrogens is 248 g/mol. The predicted octanol–water partition coefficient (Wildman–Crippen LogP) is 5.96. The third-order valence-corrected chi connectivity index (χ3v) is 4.83. The SMILES string of the molecule is CCCc1ccc2sc3ccc(CCC)cc3c2c1. The molecule has 0 radical (unpaired) electrons. The average Bonchev–Trinajstić information content (AvgIpc) is 2.77. The van der Waals surface area contributed by atoms with E-state index in [0.29, 0.717) is 0 Å². The quantitative estimate of drug-likeness (QED) is 0.547. The highest BCUT2D eigenvalue weighted by atomic mass is 32.1. The summed E-state index contributed by atoms with van der Waals surface area (Å²) < 4.78 is 2.84. The van der Waals surface area contributed by atoms with Gasteiger partial charge in [-0.2, -0.15) is 0 Å². The fourth-order valence-electron chi connectivity index (χ4n) is 2.76. The topological polar surface area (TPSA) is 0 Å². The Morgan fingerprint density at radius 2 is 1.21 bits per heavy atom. The van der Waals surface area contributed by atoms with Gasteiger partial charge in [-0.1, -0.05) is 38.8 Å². The Morgan fingerprint density at radius 1 is 0.737 bits per heavy atom. The van der Waals surface area contributed by atoms with Crippen molar-refractivity contribution in [2.45, 2.75) is 39.5 Å². The predicted molar refractivity (Wildman–Crippen MR) is 87.3 cm³/mol. The first-order valence-electron chi connectivity index (χ1n) is 7.26. The van der Waals surface area contributed by atoms with Crippen LogP contribution in [0.15, 0.2) is 36.4 Å². The summed E-state index contributed by atoms with van der Waals surface area (Å²) in [7, 11) is 0. The highest BCUT2D eigenvalue weighted by Crippen LogP contribution is 2.35. The van der Waals surface area contributed by atoms with Crippen LogP contribution in [0.1, 0.15) is 37.8 Å². The zero-order valence-electron chi connectivity index (χ0n) is 11.7. The molecule has 0 aliphatic carbocycles. The second-order valence-corrected chi connectivity index (χ2v) is 6.35. The largest absolute Gasteiger partial charge is 0.135 e. The van der Waals surface area contributed by atoms with Crippen LogP contribution in [0, 0.1) is 0 Å². The van der Waals surface area contributed by atoms with Gasteiger partial charge in [0.05, 0.1) is 0 Å². The zero-order chi connectivity index (χ0) is 13.2. The minimum absolute atomic E-state index is 1.18. The van der Waals surface area contributed by atoms with Gasteiger partial charge in [-0.3, -0.25) is 0 Å². The molecule has 0 atom stereocenters. The Kier molecular flexibility index (Phi) is 3.56. The molecule has 0 saturated carbocycles. The molecule has 0 nitrogen and oxygen atoms in total. The normalized spacial score (nSPS) is 11.5. The number of rotatable bonds is 4. The lowest BCUT2D eigenvalue weighted by atomic mass is 10.0. The van der Waals surface area contributed by atoms with Crippen LogP contribution in [-0.4, -0.2) is 0 Å². The van der Waals surface area contributed by atoms with E-state index < -0.39 is 0 Å². The highest BCUT2D eigenvalue weighted by Gasteiger charge is 2.06. The second kappa shape index (κ2) is 5.34. The molecule has 1 heteroatoms. The van der Waals surface area contributed by atoms with Gasteiger partial charge >= 0.3 is 0 Å². The van der Waals surface area contributed by atoms with Crippen LogP contribution in [0.25, 0.3) is 20.2 Å². The summed E-state index contributed by atoms with van der Waals surface area (Å²) in [5.74, 6) is 0. The van der Waals surface area contributed by atoms with Crippen LogP contribution in [0.3, 0.4) is 0 Å². The summed E-state index contributed by atoms with van der Waals surface area (Å²) in [6.07, 6.45) is 4.80. The van der Waals surface area contributed by atoms with Gasteiger partial charge in [-0.25, -0.2) is 0 Å². The third kappa shape index (κ3) is 2.40. The van der Waals surface area contributed by atoms with Gasteiger partial charge in [0.1, 0.15) is 0 Å². The van der Waals surface area contributed by atoms with Gasteiger partial charge in [-0.05, 0) is 48.2 Å². The van der Waals surface area contributed by atoms with Crippen molar-refractivity contribution in [1.29, 1.82) is 0 Å². The molecule has 0 bridgehead atoms. The van der Waals surface area contributed by atoms with Gasteiger partial charge in [0.2, 0.25) is 0 Å². The molecule has 0 aliphatic rings. The molecule has 2 aromatic carbocycles. The van der Waals surface area contributed by atoms with Crippen molar-refractivity contribution in [1.82, 2.24) is 0 Å². The van der Waals surface area contributed by atoms with Crippen molar-refractivity contribution in [2.24, 2.45) is 0 Å². The maximum Gasteiger partial charge on any atom is 0.0355 e. The van der Waals surface area contributed by atoms with Gasteiger partial charge in [0, 0.05) is 20.2 Å². The van der Waals surface area contributed by atoms with E-state index in [0.717, 1.165) is 0 Å². The van der Waals surface area contributed by atoms with Gasteiger partial charge in [-0.15, -0.1) is 11.3 Å². The number of hydrogen-bond donors (Lipinski definition) is 0. The van der Waals surface area contributed by atoms with E-state index in [1.165, 1.54) is 57.0 Å². The number of aryl methyl sites for hydroxylation is 2. The smallest absolute Gasteiger partial charge is 0.0355 e. The summed E-state index contributed by atoms with van der Waals surface area (Å²) in [6.45, 7) is 4.49. The number of fused-ring (bicyclic) bond motifs is 3. The van der Waals surface area contributed by atoms with Crippen LogP contribution < -0.4 is 0 Å². The number of benzene rings is 2. The molecule has 3 aromatic rings. The zero-order valence-corrected chi connectivity index (χ0v) is 12.5. The van der Waals surface area contributed by atoms with E-state index >= 15 is 0 Å². The lowest BCUT2D eigenvalue weighted by Gasteiger charge is -2.01. The van der Waals surface area contributed by atoms with Gasteiger partial charge in [0.15, 0.2) is 0 Å². The van der Waals surface area contributed by atoms with E-state index in [4.69, 9.17) is 0 Å². The molecule has 0 fully saturated rings. The molecule has 0 saturated heterocycles. The Bertz CT molecular complexity index is 646. The van der Waals surface area contributed by atoms with Crippen molar-refractivity contribution in [3.63, 3.8) is 0 Å². The lowest BCUT2D eigenvalue weighted by molar-refractivity contribution is 0.923. The molecule has 0 N–H and O–H groups in total. The van der Waals surface area contributed by atoms with Crippen molar-refractivity contribution in [3.8, 4) is 0 Å². The summed E-state index contributed by atoms with van der Waals surface area (Å²) in [5, 5.41) is 2.90. The molecule has 0 unspecified atom stereocenters. The van der Waals surface area contributed by atoms with Crippen LogP contribution in [-0.2, 0) is 12.8 Å². The fourth-order valence-corrected chi connectivity index (χ4v) is 3.83. The summed E-state index contributed by atoms with van der Waals surface area (Å²) in [5.41, 5.74) is 2.94. The van der Waals surface area contributed by atoms with Crippen molar-refractivity contribution >= 4 is 31.5 Å². The standard InChI is InChI=1S/C18H20S/c1-3-5-13-7-9-17-15(11-13)16-12-14(6-4-2)8-10-18(16)19-17/h7-12H,3-6H2,1-2H3. The fraction of sp³-hybridized carbons (Fsp3) is 0.333. The molecule has 19 heavy (non-hydrogen) atoms. The third-order valence-electron chi connectivity index (χ3n) is 3.68. The molecular formula is C18H20S. The van der Waals surface area contributed by atoms with E-state index in [-0.39, 0.29) is 0 Å². The first-order valence-corrected chi connectivity index (χ1v) is 8.07. The Hall–Kier alpha value is -1.34. The molecule has 3 rings (SSSR count). The Balaban J connectivity index is 2.19. The summed E-state index contributed by atoms with van der Waals surface area (Å²) in [4.78, 5) is 0. The second-order valence-electron chi connectivity index (χ2n) is 5.26. The Morgan fingerprint density at radius 3 is 1.63 bits per heavy atom. The summed E-state index contributed by atoms with van der Waals surface area (Å²) >= 11 is 1.92. The molecule has 1 aromatic heterocycles. The van der Waals surface area contributed by atoms with Crippen molar-refractivity contribution < 1.29 is 0 Å². The van der Waals surface area contributed by atoms with Crippen LogP contribution in [0.2, 0.25) is 0 Å². The first kappa shape index (κ1) is 12.7. The minimum Gasteiger partial charge on any atom is -0.135 e. The van der Waals surface area contributed by atoms with Crippen LogP contribution >= 0.6 is 11.3 Å². The van der Waals surface area contributed by atoms with Crippen LogP contribution in [0.5, 0.6) is 0 Å². The summed E-state index contributed by atoms with van der Waals surface area (Å²) in [6, 6.07) is 14.0. The van der Waals surface area contributed by atoms with Crippen LogP contribution in [0.4, 0.5) is 0 Å². The lowest BCUT2D eigenvalue weighted by Crippen LogP contribution is -1.83. The molecule has 0 aliphatic heterocycles. The molecule has 0 spiro atoms. The maximum atomic E-state index is 2.40. The number of thiophene rings is 1. The van der Waals surface area contributed by atoms with Crippen molar-refractivity contribution in [2.75, 3.05) is 0 Å². The van der Waals surface area contributed by atoms with Crippen molar-refractivity contribution in [3.05, 3.63) is 47.5 Å². The van der Waals surface area contributed by atoms with Gasteiger partial charge < -0.3 is 0 Å².